The van der Waals surface area contributed by atoms with Crippen molar-refractivity contribution in [3.05, 3.63) is 65.7 Å². The zero-order valence-electron chi connectivity index (χ0n) is 16.7. The quantitative estimate of drug-likeness (QED) is 0.736. The van der Waals surface area contributed by atoms with Crippen molar-refractivity contribution in [2.75, 3.05) is 30.7 Å². The number of nitrogens with zero attached hydrogens (tertiary/aromatic N) is 3. The number of benzene rings is 2. The van der Waals surface area contributed by atoms with Gasteiger partial charge in [0.05, 0.1) is 17.5 Å². The van der Waals surface area contributed by atoms with Gasteiger partial charge in [-0.05, 0) is 17.7 Å². The van der Waals surface area contributed by atoms with Crippen LogP contribution in [-0.4, -0.2) is 51.3 Å². The third-order valence-corrected chi connectivity index (χ3v) is 6.17. The van der Waals surface area contributed by atoms with Gasteiger partial charge >= 0.3 is 0 Å². The van der Waals surface area contributed by atoms with Crippen LogP contribution in [0.2, 0.25) is 0 Å². The normalized spacial score (nSPS) is 15.0. The number of carbonyl (C=O) groups is 1. The fourth-order valence-electron chi connectivity index (χ4n) is 3.23. The fourth-order valence-corrected chi connectivity index (χ4v) is 3.75. The van der Waals surface area contributed by atoms with Gasteiger partial charge in [-0.25, -0.2) is 13.8 Å². The Hall–Kier alpha value is -2.71. The first-order valence-corrected chi connectivity index (χ1v) is 11.3. The summed E-state index contributed by atoms with van der Waals surface area (Å²) in [6, 6.07) is 16.9. The summed E-state index contributed by atoms with van der Waals surface area (Å²) >= 11 is 0. The third-order valence-electron chi connectivity index (χ3n) is 4.98. The van der Waals surface area contributed by atoms with Crippen molar-refractivity contribution >= 4 is 27.3 Å². The Labute approximate surface area is 172 Å². The number of carbonyl (C=O) groups excluding carboxylic acids is 1. The van der Waals surface area contributed by atoms with Crippen LogP contribution >= 0.6 is 0 Å². The molecule has 2 aromatic carbocycles. The van der Waals surface area contributed by atoms with Gasteiger partial charge in [0.15, 0.2) is 0 Å². The average Bonchev–Trinajstić information content (AvgIpc) is 2.72. The monoisotopic (exact) mass is 414 g/mol. The number of sulfonamides is 1. The number of nitrogens with one attached hydrogen (secondary N) is 1. The number of hydrogen-bond donors (Lipinski definition) is 1. The van der Waals surface area contributed by atoms with Gasteiger partial charge in [-0.15, -0.1) is 0 Å². The number of para-hydroxylation sites is 1. The lowest BCUT2D eigenvalue weighted by Gasteiger charge is -2.27. The zero-order valence-corrected chi connectivity index (χ0v) is 17.5. The first-order chi connectivity index (χ1) is 13.8. The number of rotatable bonds is 6. The Bertz CT molecular complexity index is 980. The van der Waals surface area contributed by atoms with Crippen LogP contribution in [-0.2, 0) is 16.6 Å². The molecule has 3 rings (SSSR count). The van der Waals surface area contributed by atoms with E-state index in [0.29, 0.717) is 5.69 Å². The molecule has 29 heavy (non-hydrogen) atoms. The second-order valence-corrected chi connectivity index (χ2v) is 9.14. The van der Waals surface area contributed by atoms with E-state index in [9.17, 15) is 13.2 Å². The van der Waals surface area contributed by atoms with Crippen molar-refractivity contribution in [1.29, 1.82) is 0 Å². The maximum absolute atomic E-state index is 12.6. The summed E-state index contributed by atoms with van der Waals surface area (Å²) in [5.74, 6) is -0.421. The summed E-state index contributed by atoms with van der Waals surface area (Å²) in [7, 11) is -2.04. The molecule has 1 N–H and O–H groups in total. The topological polar surface area (TPSA) is 82.1 Å². The van der Waals surface area contributed by atoms with Gasteiger partial charge in [-0.1, -0.05) is 42.5 Å². The Morgan fingerprint density at radius 2 is 1.69 bits per heavy atom. The van der Waals surface area contributed by atoms with Crippen LogP contribution in [0.15, 0.2) is 59.7 Å². The Balaban J connectivity index is 1.60. The Morgan fingerprint density at radius 1 is 1.07 bits per heavy atom. The van der Waals surface area contributed by atoms with Gasteiger partial charge in [0.2, 0.25) is 10.0 Å². The van der Waals surface area contributed by atoms with Crippen LogP contribution in [0.5, 0.6) is 0 Å². The number of piperidine rings is 1. The number of hydrazone groups is 1. The fraction of sp³-hybridized carbons (Fsp3) is 0.333. The van der Waals surface area contributed by atoms with Crippen molar-refractivity contribution in [2.45, 2.75) is 19.4 Å². The molecule has 0 aliphatic carbocycles. The van der Waals surface area contributed by atoms with Gasteiger partial charge in [0.1, 0.15) is 0 Å². The zero-order chi connectivity index (χ0) is 20.9. The molecule has 0 saturated carbocycles. The molecule has 1 aliphatic rings. The predicted molar refractivity (Wildman–Crippen MR) is 116 cm³/mol. The molecule has 7 nitrogen and oxygen atoms in total. The van der Waals surface area contributed by atoms with Crippen LogP contribution in [0.25, 0.3) is 0 Å². The minimum absolute atomic E-state index is 0.270. The van der Waals surface area contributed by atoms with Crippen molar-refractivity contribution in [3.8, 4) is 0 Å². The molecule has 0 radical (unpaired) electrons. The summed E-state index contributed by atoms with van der Waals surface area (Å²) in [6.45, 7) is 2.68. The standard InChI is InChI=1S/C21H26N4O3S/c1-24(29(2,27)28)20-11-7-6-10-19(20)21(26)23-22-18-12-14-25(15-13-18)16-17-8-4-3-5-9-17/h3-11H,12-16H2,1-2H3,(H,23,26). The van der Waals surface area contributed by atoms with E-state index >= 15 is 0 Å². The molecule has 2 aromatic rings. The summed E-state index contributed by atoms with van der Waals surface area (Å²) in [5.41, 5.74) is 5.41. The highest BCUT2D eigenvalue weighted by molar-refractivity contribution is 7.92. The molecule has 8 heteroatoms. The molecular weight excluding hydrogens is 388 g/mol. The molecule has 1 amide bonds. The van der Waals surface area contributed by atoms with Crippen LogP contribution in [0.1, 0.15) is 28.8 Å². The maximum Gasteiger partial charge on any atom is 0.273 e. The highest BCUT2D eigenvalue weighted by Gasteiger charge is 2.20. The second-order valence-electron chi connectivity index (χ2n) is 7.13. The van der Waals surface area contributed by atoms with E-state index in [1.165, 1.54) is 12.6 Å². The molecule has 1 saturated heterocycles. The minimum atomic E-state index is -3.47. The molecule has 1 fully saturated rings. The van der Waals surface area contributed by atoms with E-state index in [2.05, 4.69) is 27.6 Å². The van der Waals surface area contributed by atoms with Crippen LogP contribution < -0.4 is 9.73 Å². The van der Waals surface area contributed by atoms with Crippen molar-refractivity contribution < 1.29 is 13.2 Å². The maximum atomic E-state index is 12.6. The van der Waals surface area contributed by atoms with E-state index in [0.717, 1.165) is 48.7 Å². The van der Waals surface area contributed by atoms with Gasteiger partial charge in [0.25, 0.3) is 5.91 Å². The van der Waals surface area contributed by atoms with Crippen LogP contribution in [0, 0.1) is 0 Å². The third kappa shape index (κ3) is 5.65. The van der Waals surface area contributed by atoms with E-state index in [4.69, 9.17) is 0 Å². The largest absolute Gasteiger partial charge is 0.298 e. The number of likely N-dealkylation sites (tertiary alicyclic amines) is 1. The summed E-state index contributed by atoms with van der Waals surface area (Å²) < 4.78 is 24.8. The summed E-state index contributed by atoms with van der Waals surface area (Å²) in [4.78, 5) is 15.0. The summed E-state index contributed by atoms with van der Waals surface area (Å²) in [5, 5.41) is 4.29. The SMILES string of the molecule is CN(c1ccccc1C(=O)NN=C1CCN(Cc2ccccc2)CC1)S(C)(=O)=O. The van der Waals surface area contributed by atoms with E-state index < -0.39 is 15.9 Å². The Kier molecular flexibility index (Phi) is 6.66. The van der Waals surface area contributed by atoms with E-state index in [1.54, 1.807) is 24.3 Å². The molecule has 0 spiro atoms. The second kappa shape index (κ2) is 9.19. The molecule has 1 heterocycles. The Morgan fingerprint density at radius 3 is 2.34 bits per heavy atom. The molecule has 0 bridgehead atoms. The lowest BCUT2D eigenvalue weighted by atomic mass is 10.1. The van der Waals surface area contributed by atoms with Crippen molar-refractivity contribution in [1.82, 2.24) is 10.3 Å². The highest BCUT2D eigenvalue weighted by Crippen LogP contribution is 2.21. The van der Waals surface area contributed by atoms with E-state index in [-0.39, 0.29) is 5.56 Å². The minimum Gasteiger partial charge on any atom is -0.298 e. The average molecular weight is 415 g/mol. The van der Waals surface area contributed by atoms with Crippen molar-refractivity contribution in [3.63, 3.8) is 0 Å². The van der Waals surface area contributed by atoms with Gasteiger partial charge in [0, 0.05) is 45.2 Å². The molecule has 154 valence electrons. The van der Waals surface area contributed by atoms with Crippen LogP contribution in [0.4, 0.5) is 5.69 Å². The number of amides is 1. The molecular formula is C21H26N4O3S. The smallest absolute Gasteiger partial charge is 0.273 e. The highest BCUT2D eigenvalue weighted by atomic mass is 32.2. The molecule has 1 aliphatic heterocycles. The molecule has 0 aromatic heterocycles. The van der Waals surface area contributed by atoms with Gasteiger partial charge < -0.3 is 0 Å². The first-order valence-electron chi connectivity index (χ1n) is 9.49. The number of anilines is 1. The lowest BCUT2D eigenvalue weighted by molar-refractivity contribution is 0.0955. The molecule has 0 atom stereocenters. The van der Waals surface area contributed by atoms with Gasteiger partial charge in [-0.2, -0.15) is 5.10 Å². The predicted octanol–water partition coefficient (Wildman–Crippen LogP) is 2.46. The molecule has 0 unspecified atom stereocenters. The van der Waals surface area contributed by atoms with Crippen molar-refractivity contribution in [2.24, 2.45) is 5.10 Å². The summed E-state index contributed by atoms with van der Waals surface area (Å²) in [6.07, 6.45) is 2.68. The van der Waals surface area contributed by atoms with Crippen LogP contribution in [0.3, 0.4) is 0 Å². The van der Waals surface area contributed by atoms with Gasteiger partial charge in [-0.3, -0.25) is 14.0 Å². The lowest BCUT2D eigenvalue weighted by Crippen LogP contribution is -2.34. The number of hydrogen-bond acceptors (Lipinski definition) is 5. The first kappa shape index (κ1) is 21.0. The van der Waals surface area contributed by atoms with E-state index in [1.807, 2.05) is 18.2 Å².